The molecule has 3 aromatic rings. The summed E-state index contributed by atoms with van der Waals surface area (Å²) < 4.78 is 8.13. The van der Waals surface area contributed by atoms with Gasteiger partial charge < -0.3 is 26.6 Å². The van der Waals surface area contributed by atoms with Gasteiger partial charge in [-0.15, -0.1) is 0 Å². The molecule has 0 unspecified atom stereocenters. The van der Waals surface area contributed by atoms with E-state index < -0.39 is 0 Å². The average molecular weight is 630 g/mol. The number of anilines is 1. The van der Waals surface area contributed by atoms with Gasteiger partial charge in [-0.25, -0.2) is 0 Å². The molecule has 4 nitrogen and oxygen atoms in total. The second-order valence-electron chi connectivity index (χ2n) is 10.7. The number of ether oxygens (including phenoxy) is 1. The lowest BCUT2D eigenvalue weighted by molar-refractivity contribution is -0.683. The number of amides is 1. The third-order valence-corrected chi connectivity index (χ3v) is 7.98. The van der Waals surface area contributed by atoms with Crippen LogP contribution in [0, 0.1) is 0 Å². The molecule has 0 aliphatic rings. The van der Waals surface area contributed by atoms with Crippen molar-refractivity contribution in [3.63, 3.8) is 0 Å². The summed E-state index contributed by atoms with van der Waals surface area (Å²) in [5.74, 6) is 1.00. The Morgan fingerprint density at radius 1 is 0.850 bits per heavy atom. The molecule has 220 valence electrons. The van der Waals surface area contributed by atoms with Crippen LogP contribution in [0.1, 0.15) is 102 Å². The van der Waals surface area contributed by atoms with E-state index in [1.165, 1.54) is 81.8 Å². The Morgan fingerprint density at radius 2 is 1.50 bits per heavy atom. The maximum atomic E-state index is 12.5. The minimum absolute atomic E-state index is 0. The van der Waals surface area contributed by atoms with Crippen LogP contribution in [0.3, 0.4) is 0 Å². The van der Waals surface area contributed by atoms with Crippen molar-refractivity contribution >= 4 is 22.9 Å². The number of aromatic nitrogens is 1. The number of unbranched alkanes of at least 4 members (excludes halogenated alkanes) is 11. The van der Waals surface area contributed by atoms with Crippen molar-refractivity contribution in [2.24, 2.45) is 0 Å². The lowest BCUT2D eigenvalue weighted by Crippen LogP contribution is -3.00. The topological polar surface area (TPSA) is 33.4 Å². The first-order valence-corrected chi connectivity index (χ1v) is 16.1. The fourth-order valence-corrected chi connectivity index (χ4v) is 5.58. The SMILES string of the molecule is CCCCCCCCCCCCCCOc1ccc(CCN(C(C)=O)c2cccc(C[n+]3ccsc3)c2)cc1.[Br-]. The summed E-state index contributed by atoms with van der Waals surface area (Å²) in [6.07, 6.45) is 19.1. The molecule has 0 aliphatic heterocycles. The highest BCUT2D eigenvalue weighted by atomic mass is 79.9. The van der Waals surface area contributed by atoms with Gasteiger partial charge in [0, 0.05) is 24.7 Å². The first kappa shape index (κ1) is 34.0. The van der Waals surface area contributed by atoms with Gasteiger partial charge in [-0.1, -0.05) is 113 Å². The predicted molar refractivity (Wildman–Crippen MR) is 165 cm³/mol. The Labute approximate surface area is 257 Å². The number of benzene rings is 2. The Kier molecular flexibility index (Phi) is 17.6. The summed E-state index contributed by atoms with van der Waals surface area (Å²) in [6, 6.07) is 16.7. The number of thiazole rings is 1. The van der Waals surface area contributed by atoms with E-state index >= 15 is 0 Å². The van der Waals surface area contributed by atoms with Crippen molar-refractivity contribution in [1.29, 1.82) is 0 Å². The molecule has 0 radical (unpaired) electrons. The molecule has 1 aromatic heterocycles. The highest BCUT2D eigenvalue weighted by molar-refractivity contribution is 7.07. The number of halogens is 1. The average Bonchev–Trinajstić information content (AvgIpc) is 3.45. The minimum Gasteiger partial charge on any atom is -1.00 e. The normalized spacial score (nSPS) is 10.8. The molecule has 0 fully saturated rings. The van der Waals surface area contributed by atoms with E-state index in [1.807, 2.05) is 17.0 Å². The Bertz CT molecular complexity index is 1060. The van der Waals surface area contributed by atoms with Crippen LogP contribution in [0.15, 0.2) is 65.6 Å². The zero-order chi connectivity index (χ0) is 27.5. The van der Waals surface area contributed by atoms with Crippen LogP contribution in [0.25, 0.3) is 0 Å². The van der Waals surface area contributed by atoms with Crippen LogP contribution in [0.4, 0.5) is 5.69 Å². The summed E-state index contributed by atoms with van der Waals surface area (Å²) in [5, 5.41) is 2.07. The molecule has 0 spiro atoms. The number of nitrogens with zero attached hydrogens (tertiary/aromatic N) is 2. The van der Waals surface area contributed by atoms with Crippen LogP contribution in [-0.2, 0) is 17.8 Å². The zero-order valence-electron chi connectivity index (χ0n) is 24.7. The van der Waals surface area contributed by atoms with Crippen LogP contribution in [-0.4, -0.2) is 19.1 Å². The van der Waals surface area contributed by atoms with E-state index in [1.54, 1.807) is 18.3 Å². The summed E-state index contributed by atoms with van der Waals surface area (Å²) >= 11 is 1.68. The first-order valence-electron chi connectivity index (χ1n) is 15.2. The number of carbonyl (C=O) groups is 1. The van der Waals surface area contributed by atoms with Gasteiger partial charge in [0.25, 0.3) is 0 Å². The van der Waals surface area contributed by atoms with Gasteiger partial charge in [-0.3, -0.25) is 4.79 Å². The van der Waals surface area contributed by atoms with Crippen LogP contribution in [0.5, 0.6) is 5.75 Å². The van der Waals surface area contributed by atoms with Gasteiger partial charge in [0.1, 0.15) is 5.75 Å². The minimum atomic E-state index is 0. The van der Waals surface area contributed by atoms with Gasteiger partial charge in [0.2, 0.25) is 11.4 Å². The zero-order valence-corrected chi connectivity index (χ0v) is 27.1. The van der Waals surface area contributed by atoms with Crippen molar-refractivity contribution < 1.29 is 31.1 Å². The standard InChI is InChI=1S/C34H49N2O2S.BrH/c1-3-4-5-6-7-8-9-10-11-12-13-14-25-38-34-20-18-31(19-21-34)22-23-36(30(2)37)33-17-15-16-32(27-33)28-35-24-26-39-29-35;/h15-21,24,26-27,29H,3-14,22-23,25,28H2,1-2H3;1H/q+1;/p-1. The molecule has 2 aromatic carbocycles. The molecular formula is C34H49BrN2O2S. The molecule has 0 atom stereocenters. The summed E-state index contributed by atoms with van der Waals surface area (Å²) in [6.45, 7) is 6.18. The first-order chi connectivity index (χ1) is 19.2. The third kappa shape index (κ3) is 13.5. The van der Waals surface area contributed by atoms with Crippen molar-refractivity contribution in [3.8, 4) is 5.75 Å². The Morgan fingerprint density at radius 3 is 2.10 bits per heavy atom. The molecule has 0 saturated heterocycles. The quantitative estimate of drug-likeness (QED) is 0.118. The smallest absolute Gasteiger partial charge is 0.224 e. The number of hydrogen-bond acceptors (Lipinski definition) is 3. The van der Waals surface area contributed by atoms with E-state index in [2.05, 4.69) is 65.0 Å². The number of rotatable bonds is 20. The highest BCUT2D eigenvalue weighted by Crippen LogP contribution is 2.19. The van der Waals surface area contributed by atoms with Gasteiger partial charge in [-0.2, -0.15) is 4.57 Å². The van der Waals surface area contributed by atoms with Crippen molar-refractivity contribution in [2.45, 2.75) is 104 Å². The van der Waals surface area contributed by atoms with Gasteiger partial charge in [-0.05, 0) is 42.7 Å². The molecular weight excluding hydrogens is 580 g/mol. The van der Waals surface area contributed by atoms with E-state index in [-0.39, 0.29) is 22.9 Å². The van der Waals surface area contributed by atoms with Gasteiger partial charge in [0.15, 0.2) is 12.7 Å². The molecule has 0 bridgehead atoms. The Balaban J connectivity index is 0.00000560. The van der Waals surface area contributed by atoms with Crippen molar-refractivity contribution in [3.05, 3.63) is 76.7 Å². The molecule has 0 aliphatic carbocycles. The summed E-state index contributed by atoms with van der Waals surface area (Å²) in [4.78, 5) is 14.3. The number of hydrogen-bond donors (Lipinski definition) is 0. The Hall–Kier alpha value is -2.18. The molecule has 1 amide bonds. The lowest BCUT2D eigenvalue weighted by atomic mass is 10.1. The molecule has 6 heteroatoms. The monoisotopic (exact) mass is 628 g/mol. The lowest BCUT2D eigenvalue weighted by Gasteiger charge is -2.22. The van der Waals surface area contributed by atoms with Gasteiger partial charge >= 0.3 is 0 Å². The number of carbonyl (C=O) groups excluding carboxylic acids is 1. The second-order valence-corrected chi connectivity index (χ2v) is 11.4. The van der Waals surface area contributed by atoms with Crippen LogP contribution >= 0.6 is 11.3 Å². The van der Waals surface area contributed by atoms with E-state index in [0.717, 1.165) is 37.4 Å². The van der Waals surface area contributed by atoms with E-state index in [0.29, 0.717) is 6.54 Å². The molecule has 0 saturated carbocycles. The summed E-state index contributed by atoms with van der Waals surface area (Å²) in [5.41, 5.74) is 5.46. The largest absolute Gasteiger partial charge is 1.00 e. The van der Waals surface area contributed by atoms with Gasteiger partial charge in [0.05, 0.1) is 12.0 Å². The van der Waals surface area contributed by atoms with E-state index in [9.17, 15) is 4.79 Å². The highest BCUT2D eigenvalue weighted by Gasteiger charge is 2.13. The maximum absolute atomic E-state index is 12.5. The predicted octanol–water partition coefficient (Wildman–Crippen LogP) is 5.76. The second kappa shape index (κ2) is 20.7. The molecule has 40 heavy (non-hydrogen) atoms. The van der Waals surface area contributed by atoms with Crippen LogP contribution in [0.2, 0.25) is 0 Å². The van der Waals surface area contributed by atoms with Crippen molar-refractivity contribution in [2.75, 3.05) is 18.1 Å². The maximum Gasteiger partial charge on any atom is 0.224 e. The molecule has 3 rings (SSSR count). The molecule has 0 N–H and O–H groups in total. The fourth-order valence-electron chi connectivity index (χ4n) is 4.98. The summed E-state index contributed by atoms with van der Waals surface area (Å²) in [7, 11) is 0. The van der Waals surface area contributed by atoms with E-state index in [4.69, 9.17) is 4.74 Å². The van der Waals surface area contributed by atoms with Crippen molar-refractivity contribution in [1.82, 2.24) is 0 Å². The molecule has 1 heterocycles. The third-order valence-electron chi connectivity index (χ3n) is 7.31. The fraction of sp³-hybridized carbons (Fsp3) is 0.529. The van der Waals surface area contributed by atoms with Crippen LogP contribution < -0.4 is 31.2 Å².